The zero-order chi connectivity index (χ0) is 23.3. The number of amidine groups is 1. The lowest BCUT2D eigenvalue weighted by molar-refractivity contribution is 0.0566. The molecule has 0 aliphatic carbocycles. The largest absolute Gasteiger partial charge is 0.333 e. The lowest BCUT2D eigenvalue weighted by Gasteiger charge is -2.32. The summed E-state index contributed by atoms with van der Waals surface area (Å²) in [5.74, 6) is 0.189. The lowest BCUT2D eigenvalue weighted by Crippen LogP contribution is -2.36. The molecule has 6 nitrogen and oxygen atoms in total. The quantitative estimate of drug-likeness (QED) is 0.537. The summed E-state index contributed by atoms with van der Waals surface area (Å²) in [6.07, 6.45) is 5.02. The molecule has 0 radical (unpaired) electrons. The van der Waals surface area contributed by atoms with Crippen molar-refractivity contribution in [2.24, 2.45) is 16.1 Å². The Morgan fingerprint density at radius 3 is 2.82 bits per heavy atom. The molecular formula is C22H20ClF3N6S. The predicted octanol–water partition coefficient (Wildman–Crippen LogP) is 5.11. The molecule has 2 atom stereocenters. The van der Waals surface area contributed by atoms with Crippen LogP contribution < -0.4 is 5.73 Å². The molecule has 0 amide bonds. The molecule has 11 heteroatoms. The van der Waals surface area contributed by atoms with Gasteiger partial charge in [-0.25, -0.2) is 14.1 Å². The molecule has 0 bridgehead atoms. The van der Waals surface area contributed by atoms with Crippen LogP contribution in [0.2, 0.25) is 5.02 Å². The van der Waals surface area contributed by atoms with E-state index >= 15 is 0 Å². The molecule has 5 rings (SSSR count). The van der Waals surface area contributed by atoms with Gasteiger partial charge >= 0.3 is 6.55 Å². The second kappa shape index (κ2) is 8.27. The van der Waals surface area contributed by atoms with Gasteiger partial charge in [-0.2, -0.15) is 13.9 Å². The fourth-order valence-electron chi connectivity index (χ4n) is 4.39. The van der Waals surface area contributed by atoms with E-state index in [2.05, 4.69) is 21.9 Å². The number of halogens is 4. The van der Waals surface area contributed by atoms with Crippen molar-refractivity contribution in [2.75, 3.05) is 13.1 Å². The Morgan fingerprint density at radius 1 is 1.36 bits per heavy atom. The average molecular weight is 493 g/mol. The Balaban J connectivity index is 1.76. The highest BCUT2D eigenvalue weighted by molar-refractivity contribution is 7.11. The normalized spacial score (nSPS) is 22.8. The second-order valence-electron chi connectivity index (χ2n) is 8.48. The number of nitrogens with zero attached hydrogens (tertiary/aromatic N) is 5. The van der Waals surface area contributed by atoms with E-state index in [9.17, 15) is 13.2 Å². The minimum absolute atomic E-state index is 0.203. The molecule has 4 heterocycles. The monoisotopic (exact) mass is 492 g/mol. The molecular weight excluding hydrogens is 473 g/mol. The molecule has 0 saturated carbocycles. The van der Waals surface area contributed by atoms with Crippen molar-refractivity contribution in [1.82, 2.24) is 19.7 Å². The highest BCUT2D eigenvalue weighted by Crippen LogP contribution is 2.50. The number of nitrogens with two attached hydrogens (primary N) is 1. The topological polar surface area (TPSA) is 72.3 Å². The van der Waals surface area contributed by atoms with Gasteiger partial charge in [0.05, 0.1) is 6.20 Å². The average Bonchev–Trinajstić information content (AvgIpc) is 3.52. The molecule has 1 saturated heterocycles. The van der Waals surface area contributed by atoms with Gasteiger partial charge in [0.25, 0.3) is 0 Å². The zero-order valence-electron chi connectivity index (χ0n) is 17.6. The Hall–Kier alpha value is -2.69. The van der Waals surface area contributed by atoms with Gasteiger partial charge in [-0.3, -0.25) is 4.99 Å². The first-order valence-electron chi connectivity index (χ1n) is 10.3. The summed E-state index contributed by atoms with van der Waals surface area (Å²) in [6.45, 7) is 0.346. The van der Waals surface area contributed by atoms with E-state index in [0.29, 0.717) is 46.7 Å². The minimum atomic E-state index is -2.77. The van der Waals surface area contributed by atoms with Crippen LogP contribution in [0.4, 0.5) is 13.2 Å². The smallest absolute Gasteiger partial charge is 0.330 e. The molecule has 33 heavy (non-hydrogen) atoms. The van der Waals surface area contributed by atoms with Crippen molar-refractivity contribution in [3.8, 4) is 0 Å². The molecule has 1 unspecified atom stereocenters. The van der Waals surface area contributed by atoms with E-state index in [1.165, 1.54) is 35.9 Å². The van der Waals surface area contributed by atoms with Crippen molar-refractivity contribution in [3.05, 3.63) is 74.8 Å². The number of thiazole rings is 1. The fourth-order valence-corrected chi connectivity index (χ4v) is 5.30. The van der Waals surface area contributed by atoms with Crippen LogP contribution >= 0.6 is 22.9 Å². The first kappa shape index (κ1) is 22.1. The van der Waals surface area contributed by atoms with Crippen molar-refractivity contribution in [2.45, 2.75) is 25.9 Å². The molecule has 2 aliphatic heterocycles. The van der Waals surface area contributed by atoms with Crippen LogP contribution in [-0.4, -0.2) is 38.6 Å². The van der Waals surface area contributed by atoms with E-state index < -0.39 is 18.4 Å². The molecule has 1 fully saturated rings. The van der Waals surface area contributed by atoms with Crippen LogP contribution in [0.5, 0.6) is 0 Å². The third-order valence-electron chi connectivity index (χ3n) is 6.04. The summed E-state index contributed by atoms with van der Waals surface area (Å²) in [7, 11) is 0. The maximum absolute atomic E-state index is 13.8. The summed E-state index contributed by atoms with van der Waals surface area (Å²) >= 11 is 7.90. The SMILES string of the molecule is CC1(CN)CC2=C(c3cnn(C(F)F)c3)[C@H](c3ccc(F)cc3Cl)N=C(c3nccs3)N2C1. The molecule has 2 aromatic heterocycles. The van der Waals surface area contributed by atoms with Crippen LogP contribution in [0.15, 0.2) is 52.9 Å². The molecule has 2 N–H and O–H groups in total. The number of hydrogen-bond donors (Lipinski definition) is 1. The summed E-state index contributed by atoms with van der Waals surface area (Å²) in [5, 5.41) is 6.62. The number of benzene rings is 1. The fraction of sp³-hybridized carbons (Fsp3) is 0.318. The maximum Gasteiger partial charge on any atom is 0.333 e. The van der Waals surface area contributed by atoms with Gasteiger partial charge in [0.1, 0.15) is 11.9 Å². The zero-order valence-corrected chi connectivity index (χ0v) is 19.1. The van der Waals surface area contributed by atoms with Crippen LogP contribution in [-0.2, 0) is 0 Å². The van der Waals surface area contributed by atoms with Gasteiger partial charge in [-0.15, -0.1) is 11.3 Å². The van der Waals surface area contributed by atoms with Crippen LogP contribution in [0.25, 0.3) is 5.57 Å². The molecule has 0 spiro atoms. The van der Waals surface area contributed by atoms with Crippen molar-refractivity contribution in [3.63, 3.8) is 0 Å². The summed E-state index contributed by atoms with van der Waals surface area (Å²) in [5.41, 5.74) is 8.55. The van der Waals surface area contributed by atoms with Crippen LogP contribution in [0, 0.1) is 11.2 Å². The van der Waals surface area contributed by atoms with Crippen molar-refractivity contribution in [1.29, 1.82) is 0 Å². The summed E-state index contributed by atoms with van der Waals surface area (Å²) in [6, 6.07) is 3.47. The van der Waals surface area contributed by atoms with Gasteiger partial charge in [-0.1, -0.05) is 24.6 Å². The summed E-state index contributed by atoms with van der Waals surface area (Å²) in [4.78, 5) is 11.5. The van der Waals surface area contributed by atoms with E-state index in [4.69, 9.17) is 22.3 Å². The van der Waals surface area contributed by atoms with Crippen molar-refractivity contribution < 1.29 is 13.2 Å². The van der Waals surface area contributed by atoms with Crippen LogP contribution in [0.3, 0.4) is 0 Å². The molecule has 2 aliphatic rings. The number of rotatable bonds is 5. The highest BCUT2D eigenvalue weighted by atomic mass is 35.5. The summed E-state index contributed by atoms with van der Waals surface area (Å²) < 4.78 is 41.1. The number of alkyl halides is 2. The van der Waals surface area contributed by atoms with Gasteiger partial charge in [0.2, 0.25) is 0 Å². The number of fused-ring (bicyclic) bond motifs is 1. The maximum atomic E-state index is 13.8. The lowest BCUT2D eigenvalue weighted by atomic mass is 9.86. The minimum Gasteiger partial charge on any atom is -0.330 e. The Morgan fingerprint density at radius 2 is 2.18 bits per heavy atom. The highest BCUT2D eigenvalue weighted by Gasteiger charge is 2.44. The number of allylic oxidation sites excluding steroid dienone is 1. The van der Waals surface area contributed by atoms with Gasteiger partial charge < -0.3 is 10.6 Å². The number of hydrogen-bond acceptors (Lipinski definition) is 6. The Labute approximate surface area is 197 Å². The van der Waals surface area contributed by atoms with Crippen molar-refractivity contribution >= 4 is 34.3 Å². The Kier molecular flexibility index (Phi) is 5.54. The third kappa shape index (κ3) is 3.85. The van der Waals surface area contributed by atoms with Gasteiger partial charge in [0.15, 0.2) is 10.8 Å². The predicted molar refractivity (Wildman–Crippen MR) is 122 cm³/mol. The van der Waals surface area contributed by atoms with E-state index in [-0.39, 0.29) is 10.4 Å². The van der Waals surface area contributed by atoms with Gasteiger partial charge in [0, 0.05) is 51.6 Å². The number of aromatic nitrogens is 3. The van der Waals surface area contributed by atoms with Crippen LogP contribution in [0.1, 0.15) is 42.1 Å². The van der Waals surface area contributed by atoms with E-state index in [1.54, 1.807) is 12.3 Å². The molecule has 3 aromatic rings. The first-order chi connectivity index (χ1) is 15.8. The van der Waals surface area contributed by atoms with E-state index in [0.717, 1.165) is 10.7 Å². The third-order valence-corrected chi connectivity index (χ3v) is 7.13. The second-order valence-corrected chi connectivity index (χ2v) is 9.78. The molecule has 1 aromatic carbocycles. The number of aliphatic imine (C=N–C) groups is 1. The standard InChI is InChI=1S/C22H20ClF3N6S/c1-22(10-27)7-16-17(12-8-29-32(9-12)21(25)26)18(14-3-2-13(24)6-15(14)23)30-19(31(16)11-22)20-28-4-5-33-20/h2-6,8-9,18,21H,7,10-11,27H2,1H3/t18-,22?/m0/s1. The Bertz CT molecular complexity index is 1250. The first-order valence-corrected chi connectivity index (χ1v) is 11.5. The molecule has 172 valence electrons. The van der Waals surface area contributed by atoms with E-state index in [1.807, 2.05) is 5.38 Å². The van der Waals surface area contributed by atoms with Gasteiger partial charge in [-0.05, 0) is 30.7 Å².